The van der Waals surface area contributed by atoms with Crippen LogP contribution < -0.4 is 5.32 Å². The van der Waals surface area contributed by atoms with Gasteiger partial charge >= 0.3 is 0 Å². The first kappa shape index (κ1) is 16.3. The van der Waals surface area contributed by atoms with Crippen LogP contribution in [0.3, 0.4) is 0 Å². The van der Waals surface area contributed by atoms with Crippen LogP contribution in [0.25, 0.3) is 0 Å². The number of nitrogens with one attached hydrogen (secondary N) is 1. The second-order valence-electron chi connectivity index (χ2n) is 6.67. The minimum Gasteiger partial charge on any atom is -0.380 e. The van der Waals surface area contributed by atoms with Gasteiger partial charge in [0.1, 0.15) is 11.6 Å². The molecule has 23 heavy (non-hydrogen) atoms. The van der Waals surface area contributed by atoms with Gasteiger partial charge in [-0.2, -0.15) is 0 Å². The lowest BCUT2D eigenvalue weighted by molar-refractivity contribution is -0.125. The zero-order valence-corrected chi connectivity index (χ0v) is 13.4. The van der Waals surface area contributed by atoms with Crippen molar-refractivity contribution in [3.63, 3.8) is 0 Å². The van der Waals surface area contributed by atoms with Gasteiger partial charge in [-0.25, -0.2) is 8.78 Å². The normalized spacial score (nSPS) is 26.3. The van der Waals surface area contributed by atoms with Crippen molar-refractivity contribution in [1.82, 2.24) is 10.2 Å². The van der Waals surface area contributed by atoms with Crippen molar-refractivity contribution in [2.45, 2.75) is 36.8 Å². The maximum Gasteiger partial charge on any atom is 0.237 e. The summed E-state index contributed by atoms with van der Waals surface area (Å²) in [5, 5.41) is 2.95. The number of likely N-dealkylation sites (tertiary alicyclic amines) is 1. The Morgan fingerprint density at radius 3 is 2.74 bits per heavy atom. The Morgan fingerprint density at radius 1 is 1.43 bits per heavy atom. The van der Waals surface area contributed by atoms with Gasteiger partial charge in [-0.05, 0) is 37.9 Å². The number of rotatable bonds is 5. The largest absolute Gasteiger partial charge is 0.380 e. The van der Waals surface area contributed by atoms with E-state index >= 15 is 0 Å². The number of amides is 1. The van der Waals surface area contributed by atoms with E-state index in [-0.39, 0.29) is 23.5 Å². The molecule has 1 aromatic carbocycles. The molecule has 1 N–H and O–H groups in total. The van der Waals surface area contributed by atoms with Crippen LogP contribution in [0.2, 0.25) is 0 Å². The Bertz CT molecular complexity index is 604. The molecule has 2 atom stereocenters. The van der Waals surface area contributed by atoms with E-state index in [1.807, 2.05) is 11.9 Å². The molecular weight excluding hydrogens is 302 g/mol. The number of halogens is 2. The average Bonchev–Trinajstić information content (AvgIpc) is 3.20. The fraction of sp³-hybridized carbons (Fsp3) is 0.588. The minimum absolute atomic E-state index is 0.0548. The van der Waals surface area contributed by atoms with Crippen LogP contribution >= 0.6 is 0 Å². The molecule has 0 aromatic heterocycles. The van der Waals surface area contributed by atoms with E-state index in [4.69, 9.17) is 4.74 Å². The first-order valence-corrected chi connectivity index (χ1v) is 7.91. The van der Waals surface area contributed by atoms with Gasteiger partial charge < -0.3 is 10.1 Å². The summed E-state index contributed by atoms with van der Waals surface area (Å²) in [5.41, 5.74) is 0.111. The van der Waals surface area contributed by atoms with Crippen LogP contribution in [0.4, 0.5) is 8.78 Å². The highest BCUT2D eigenvalue weighted by molar-refractivity contribution is 5.82. The fourth-order valence-corrected chi connectivity index (χ4v) is 3.42. The molecule has 3 rings (SSSR count). The van der Waals surface area contributed by atoms with Gasteiger partial charge in [-0.3, -0.25) is 9.69 Å². The molecule has 126 valence electrons. The second-order valence-corrected chi connectivity index (χ2v) is 6.67. The summed E-state index contributed by atoms with van der Waals surface area (Å²) in [5.74, 6) is -1.17. The van der Waals surface area contributed by atoms with Crippen molar-refractivity contribution < 1.29 is 18.3 Å². The molecule has 0 radical (unpaired) electrons. The molecular formula is C17H22F2N2O2. The monoisotopic (exact) mass is 324 g/mol. The van der Waals surface area contributed by atoms with E-state index in [1.54, 1.807) is 7.11 Å². The van der Waals surface area contributed by atoms with Gasteiger partial charge in [0.05, 0.1) is 12.1 Å². The van der Waals surface area contributed by atoms with E-state index in [2.05, 4.69) is 5.32 Å². The molecule has 1 aliphatic carbocycles. The van der Waals surface area contributed by atoms with E-state index in [1.165, 1.54) is 12.1 Å². The Morgan fingerprint density at radius 2 is 2.17 bits per heavy atom. The molecule has 1 amide bonds. The number of methoxy groups -OCH3 is 1. The lowest BCUT2D eigenvalue weighted by atomic mass is 9.95. The van der Waals surface area contributed by atoms with Crippen LogP contribution in [0.15, 0.2) is 18.2 Å². The highest BCUT2D eigenvalue weighted by atomic mass is 19.1. The highest BCUT2D eigenvalue weighted by Crippen LogP contribution is 2.48. The van der Waals surface area contributed by atoms with Crippen LogP contribution in [0.1, 0.15) is 24.8 Å². The molecule has 1 aromatic rings. The smallest absolute Gasteiger partial charge is 0.237 e. The molecule has 1 saturated heterocycles. The zero-order chi connectivity index (χ0) is 16.6. The van der Waals surface area contributed by atoms with Crippen molar-refractivity contribution in [3.8, 4) is 0 Å². The number of nitrogens with zero attached hydrogens (tertiary/aromatic N) is 1. The summed E-state index contributed by atoms with van der Waals surface area (Å²) in [7, 11) is 3.55. The second kappa shape index (κ2) is 6.17. The van der Waals surface area contributed by atoms with E-state index in [9.17, 15) is 13.6 Å². The molecule has 1 saturated carbocycles. The molecule has 0 unspecified atom stereocenters. The van der Waals surface area contributed by atoms with Gasteiger partial charge in [-0.15, -0.1) is 0 Å². The predicted octanol–water partition coefficient (Wildman–Crippen LogP) is 1.83. The summed E-state index contributed by atoms with van der Waals surface area (Å²) in [6.45, 7) is 1.11. The van der Waals surface area contributed by atoms with Crippen molar-refractivity contribution in [2.24, 2.45) is 0 Å². The molecule has 0 spiro atoms. The first-order chi connectivity index (χ1) is 10.9. The van der Waals surface area contributed by atoms with Gasteiger partial charge in [0.15, 0.2) is 0 Å². The summed E-state index contributed by atoms with van der Waals surface area (Å²) in [6.07, 6.45) is 2.34. The van der Waals surface area contributed by atoms with Gasteiger partial charge in [-0.1, -0.05) is 6.07 Å². The standard InChI is InChI=1S/C17H22F2N2O2/c1-21-9-12(23-2)8-15(21)16(22)20-10-17(5-6-17)13-4-3-11(18)7-14(13)19/h3-4,7,12,15H,5-6,8-10H2,1-2H3,(H,20,22)/t12-,15-/m0/s1. The average molecular weight is 324 g/mol. The van der Waals surface area contributed by atoms with Gasteiger partial charge in [0.25, 0.3) is 0 Å². The van der Waals surface area contributed by atoms with Crippen molar-refractivity contribution >= 4 is 5.91 Å². The third-order valence-electron chi connectivity index (χ3n) is 5.10. The predicted molar refractivity (Wildman–Crippen MR) is 82.1 cm³/mol. The Balaban J connectivity index is 1.63. The molecule has 0 bridgehead atoms. The van der Waals surface area contributed by atoms with Crippen LogP contribution in [-0.4, -0.2) is 50.2 Å². The minimum atomic E-state index is -0.579. The molecule has 2 aliphatic rings. The topological polar surface area (TPSA) is 41.6 Å². The fourth-order valence-electron chi connectivity index (χ4n) is 3.42. The number of carbonyl (C=O) groups is 1. The van der Waals surface area contributed by atoms with Crippen molar-refractivity contribution in [3.05, 3.63) is 35.4 Å². The number of benzene rings is 1. The number of carbonyl (C=O) groups excluding carboxylic acids is 1. The Hall–Kier alpha value is -1.53. The summed E-state index contributed by atoms with van der Waals surface area (Å²) in [6, 6.07) is 3.46. The highest BCUT2D eigenvalue weighted by Gasteiger charge is 2.46. The summed E-state index contributed by atoms with van der Waals surface area (Å²) in [4.78, 5) is 14.4. The SMILES string of the molecule is CO[C@H]1C[C@@H](C(=O)NCC2(c3ccc(F)cc3F)CC2)N(C)C1. The molecule has 6 heteroatoms. The Labute approximate surface area is 134 Å². The van der Waals surface area contributed by atoms with Crippen LogP contribution in [-0.2, 0) is 14.9 Å². The molecule has 4 nitrogen and oxygen atoms in total. The van der Waals surface area contributed by atoms with E-state index < -0.39 is 11.6 Å². The summed E-state index contributed by atoms with van der Waals surface area (Å²) < 4.78 is 32.4. The van der Waals surface area contributed by atoms with E-state index in [0.29, 0.717) is 18.5 Å². The van der Waals surface area contributed by atoms with E-state index in [0.717, 1.165) is 25.5 Å². The lowest BCUT2D eigenvalue weighted by Crippen LogP contribution is -2.44. The third-order valence-corrected chi connectivity index (χ3v) is 5.10. The molecule has 2 fully saturated rings. The molecule has 1 aliphatic heterocycles. The zero-order valence-electron chi connectivity index (χ0n) is 13.4. The number of ether oxygens (including phenoxy) is 1. The van der Waals surface area contributed by atoms with Crippen LogP contribution in [0, 0.1) is 11.6 Å². The number of likely N-dealkylation sites (N-methyl/N-ethyl adjacent to an activating group) is 1. The Kier molecular flexibility index (Phi) is 4.38. The first-order valence-electron chi connectivity index (χ1n) is 7.91. The molecule has 1 heterocycles. The number of hydrogen-bond acceptors (Lipinski definition) is 3. The van der Waals surface area contributed by atoms with Crippen LogP contribution in [0.5, 0.6) is 0 Å². The number of hydrogen-bond donors (Lipinski definition) is 1. The van der Waals surface area contributed by atoms with Crippen molar-refractivity contribution in [1.29, 1.82) is 0 Å². The van der Waals surface area contributed by atoms with Crippen molar-refractivity contribution in [2.75, 3.05) is 27.2 Å². The lowest BCUT2D eigenvalue weighted by Gasteiger charge is -2.22. The van der Waals surface area contributed by atoms with Gasteiger partial charge in [0.2, 0.25) is 5.91 Å². The maximum absolute atomic E-state index is 14.0. The quantitative estimate of drug-likeness (QED) is 0.898. The summed E-state index contributed by atoms with van der Waals surface area (Å²) >= 11 is 0. The maximum atomic E-state index is 14.0. The third kappa shape index (κ3) is 3.23. The van der Waals surface area contributed by atoms with Gasteiger partial charge in [0, 0.05) is 31.7 Å².